The minimum absolute atomic E-state index is 1.45. The summed E-state index contributed by atoms with van der Waals surface area (Å²) in [4.78, 5) is 26.1. The molecule has 9 heavy (non-hydrogen) atoms. The topological polar surface area (TPSA) is 125 Å². The fourth-order valence-corrected chi connectivity index (χ4v) is 0.345. The van der Waals surface area contributed by atoms with Gasteiger partial charge in [-0.3, -0.25) is 16.1 Å². The first-order valence-corrected chi connectivity index (χ1v) is 3.41. The quantitative estimate of drug-likeness (QED) is 0.183. The molecule has 8 heteroatoms. The zero-order valence-corrected chi connectivity index (χ0v) is 5.13. The van der Waals surface area contributed by atoms with Crippen LogP contribution in [0.3, 0.4) is 0 Å². The Hall–Kier alpha value is -0.460. The largest absolute Gasteiger partial charge is 0.414 e. The Kier molecular flexibility index (Phi) is 2.75. The Balaban J connectivity index is 3.90. The van der Waals surface area contributed by atoms with Gasteiger partial charge in [0, 0.05) is 0 Å². The van der Waals surface area contributed by atoms with E-state index in [0.29, 0.717) is 0 Å². The lowest BCUT2D eigenvalue weighted by molar-refractivity contribution is 0.245. The Morgan fingerprint density at radius 3 is 2.11 bits per heavy atom. The van der Waals surface area contributed by atoms with Crippen LogP contribution in [0.2, 0.25) is 0 Å². The van der Waals surface area contributed by atoms with Gasteiger partial charge >= 0.3 is 13.2 Å². The first-order chi connectivity index (χ1) is 3.98. The summed E-state index contributed by atoms with van der Waals surface area (Å²) in [5, 5.41) is 0. The number of nitrogens with two attached hydrogens (primary N) is 1. The second kappa shape index (κ2) is 2.90. The number of hydrogen-bond acceptors (Lipinski definition) is 4. The van der Waals surface area contributed by atoms with E-state index in [9.17, 15) is 9.36 Å². The van der Waals surface area contributed by atoms with E-state index >= 15 is 0 Å². The van der Waals surface area contributed by atoms with Crippen LogP contribution in [0.15, 0.2) is 0 Å². The van der Waals surface area contributed by atoms with Crippen molar-refractivity contribution in [1.29, 1.82) is 0 Å². The number of rotatable bonds is 2. The lowest BCUT2D eigenvalue weighted by Crippen LogP contribution is -2.41. The van der Waals surface area contributed by atoms with Crippen LogP contribution in [0.5, 0.6) is 0 Å². The van der Waals surface area contributed by atoms with Crippen molar-refractivity contribution in [1.82, 2.24) is 11.0 Å². The Labute approximate surface area is 50.3 Å². The molecular formula is CH6N3O4P. The van der Waals surface area contributed by atoms with Gasteiger partial charge in [-0.25, -0.2) is 4.57 Å². The predicted octanol–water partition coefficient (Wildman–Crippen LogP) is -1.75. The smallest absolute Gasteiger partial charge is 0.318 e. The fourth-order valence-electron chi connectivity index (χ4n) is 0.135. The zero-order chi connectivity index (χ0) is 7.49. The normalized spacial score (nSPS) is 11.0. The number of nitrogens with one attached hydrogen (secondary N) is 2. The van der Waals surface area contributed by atoms with Crippen LogP contribution in [0.25, 0.3) is 0 Å². The maximum Gasteiger partial charge on any atom is 0.414 e. The predicted molar refractivity (Wildman–Crippen MR) is 27.9 cm³/mol. The number of hydrogen-bond donors (Lipinski definition) is 5. The molecule has 0 aliphatic carbocycles. The fraction of sp³-hybridized carbons (Fsp3) is 0. The van der Waals surface area contributed by atoms with Gasteiger partial charge < -0.3 is 9.79 Å². The highest BCUT2D eigenvalue weighted by Crippen LogP contribution is 2.34. The molecule has 0 aliphatic heterocycles. The van der Waals surface area contributed by atoms with Gasteiger partial charge in [-0.15, -0.1) is 0 Å². The standard InChI is InChI=1S/CH6N3O4P/c2-4-3-1(5)9(6,7)8/h4H,2H2,(H,3,5)(H2,6,7,8). The molecule has 0 atom stereocenters. The summed E-state index contributed by atoms with van der Waals surface area (Å²) in [6, 6.07) is 0. The van der Waals surface area contributed by atoms with E-state index in [0.717, 1.165) is 0 Å². The lowest BCUT2D eigenvalue weighted by Gasteiger charge is -2.01. The molecule has 7 nitrogen and oxygen atoms in total. The third kappa shape index (κ3) is 3.17. The van der Waals surface area contributed by atoms with Crippen molar-refractivity contribution in [3.05, 3.63) is 0 Å². The Bertz CT molecular complexity index is 150. The van der Waals surface area contributed by atoms with Crippen LogP contribution >= 0.6 is 7.60 Å². The highest BCUT2D eigenvalue weighted by molar-refractivity contribution is 7.69. The van der Waals surface area contributed by atoms with Gasteiger partial charge in [-0.1, -0.05) is 0 Å². The summed E-state index contributed by atoms with van der Waals surface area (Å²) in [5.74, 6) is 4.50. The summed E-state index contributed by atoms with van der Waals surface area (Å²) < 4.78 is 9.91. The monoisotopic (exact) mass is 155 g/mol. The molecule has 0 bridgehead atoms. The molecule has 0 saturated heterocycles. The molecule has 0 saturated carbocycles. The van der Waals surface area contributed by atoms with Gasteiger partial charge in [0.05, 0.1) is 0 Å². The van der Waals surface area contributed by atoms with Gasteiger partial charge in [0.1, 0.15) is 0 Å². The molecule has 1 amide bonds. The maximum absolute atomic E-state index is 10.0. The van der Waals surface area contributed by atoms with Crippen LogP contribution in [0.4, 0.5) is 4.79 Å². The highest BCUT2D eigenvalue weighted by atomic mass is 31.2. The van der Waals surface area contributed by atoms with E-state index < -0.39 is 13.2 Å². The minimum Gasteiger partial charge on any atom is -0.318 e. The van der Waals surface area contributed by atoms with Gasteiger partial charge in [-0.2, -0.15) is 5.53 Å². The zero-order valence-electron chi connectivity index (χ0n) is 4.24. The Morgan fingerprint density at radius 1 is 1.56 bits per heavy atom. The third-order valence-electron chi connectivity index (χ3n) is 0.444. The van der Waals surface area contributed by atoms with Crippen LogP contribution in [-0.4, -0.2) is 15.4 Å². The molecule has 0 aliphatic rings. The summed E-state index contributed by atoms with van der Waals surface area (Å²) in [7, 11) is -4.67. The van der Waals surface area contributed by atoms with E-state index in [4.69, 9.17) is 9.79 Å². The molecule has 54 valence electrons. The minimum atomic E-state index is -4.67. The van der Waals surface area contributed by atoms with Crippen molar-refractivity contribution in [2.24, 2.45) is 5.84 Å². The number of carbonyl (C=O) groups excluding carboxylic acids is 1. The number of amides is 1. The van der Waals surface area contributed by atoms with Gasteiger partial charge in [-0.05, 0) is 0 Å². The van der Waals surface area contributed by atoms with Gasteiger partial charge in [0.15, 0.2) is 0 Å². The number of hydrazine groups is 2. The van der Waals surface area contributed by atoms with Crippen LogP contribution < -0.4 is 16.8 Å². The molecule has 0 heterocycles. The summed E-state index contributed by atoms with van der Waals surface area (Å²) in [6.45, 7) is 0. The average Bonchev–Trinajstić information content (AvgIpc) is 1.64. The molecule has 0 aromatic carbocycles. The van der Waals surface area contributed by atoms with Crippen molar-refractivity contribution < 1.29 is 19.1 Å². The molecular weight excluding hydrogens is 149 g/mol. The van der Waals surface area contributed by atoms with Crippen molar-refractivity contribution >= 4 is 13.2 Å². The average molecular weight is 155 g/mol. The molecule has 0 fully saturated rings. The molecule has 0 aromatic heterocycles. The van der Waals surface area contributed by atoms with Crippen molar-refractivity contribution in [3.8, 4) is 0 Å². The van der Waals surface area contributed by atoms with Gasteiger partial charge in [0.2, 0.25) is 0 Å². The van der Waals surface area contributed by atoms with Crippen LogP contribution in [-0.2, 0) is 4.57 Å². The molecule has 0 rings (SSSR count). The van der Waals surface area contributed by atoms with Crippen molar-refractivity contribution in [2.45, 2.75) is 0 Å². The third-order valence-corrected chi connectivity index (χ3v) is 1.08. The highest BCUT2D eigenvalue weighted by Gasteiger charge is 2.24. The van der Waals surface area contributed by atoms with Crippen LogP contribution in [0, 0.1) is 0 Å². The SMILES string of the molecule is NNNC(=O)P(=O)(O)O. The van der Waals surface area contributed by atoms with E-state index in [1.165, 1.54) is 5.43 Å². The molecule has 0 unspecified atom stereocenters. The molecule has 0 radical (unpaired) electrons. The second-order valence-electron chi connectivity index (χ2n) is 1.12. The Morgan fingerprint density at radius 2 is 2.00 bits per heavy atom. The van der Waals surface area contributed by atoms with E-state index in [2.05, 4.69) is 5.84 Å². The van der Waals surface area contributed by atoms with Crippen molar-refractivity contribution in [3.63, 3.8) is 0 Å². The van der Waals surface area contributed by atoms with E-state index in [1.807, 2.05) is 0 Å². The van der Waals surface area contributed by atoms with Crippen molar-refractivity contribution in [2.75, 3.05) is 0 Å². The molecule has 0 aromatic rings. The summed E-state index contributed by atoms with van der Waals surface area (Å²) >= 11 is 0. The summed E-state index contributed by atoms with van der Waals surface area (Å²) in [5.41, 5.74) is 1.64. The lowest BCUT2D eigenvalue weighted by atomic mass is 11.4. The first kappa shape index (κ1) is 8.54. The maximum atomic E-state index is 10.0. The number of carbonyl (C=O) groups is 1. The van der Waals surface area contributed by atoms with Crippen LogP contribution in [0.1, 0.15) is 0 Å². The molecule has 6 N–H and O–H groups in total. The second-order valence-corrected chi connectivity index (χ2v) is 2.61. The van der Waals surface area contributed by atoms with E-state index in [1.54, 1.807) is 5.53 Å². The van der Waals surface area contributed by atoms with Gasteiger partial charge in [0.25, 0.3) is 0 Å². The first-order valence-electron chi connectivity index (χ1n) is 1.80. The van der Waals surface area contributed by atoms with E-state index in [-0.39, 0.29) is 0 Å². The molecule has 0 spiro atoms. The summed E-state index contributed by atoms with van der Waals surface area (Å²) in [6.07, 6.45) is 0.